The lowest BCUT2D eigenvalue weighted by Gasteiger charge is -2.16. The van der Waals surface area contributed by atoms with Crippen molar-refractivity contribution in [3.05, 3.63) is 54.1 Å². The fourth-order valence-corrected chi connectivity index (χ4v) is 3.17. The third kappa shape index (κ3) is 5.75. The molecule has 3 rings (SSSR count). The Balaban J connectivity index is 1.59. The number of aromatic nitrogens is 1. The Morgan fingerprint density at radius 1 is 1.19 bits per heavy atom. The first kappa shape index (κ1) is 22.1. The summed E-state index contributed by atoms with van der Waals surface area (Å²) in [6.07, 6.45) is 0.436. The van der Waals surface area contributed by atoms with Crippen LogP contribution in [0.1, 0.15) is 12.5 Å². The minimum absolute atomic E-state index is 0.357. The Hall–Kier alpha value is -3.55. The van der Waals surface area contributed by atoms with Crippen LogP contribution in [0.15, 0.2) is 58.1 Å². The van der Waals surface area contributed by atoms with E-state index in [0.717, 1.165) is 16.7 Å². The molecule has 0 saturated carbocycles. The van der Waals surface area contributed by atoms with Gasteiger partial charge in [-0.3, -0.25) is 4.79 Å². The largest absolute Gasteiger partial charge is 0.492 e. The van der Waals surface area contributed by atoms with Gasteiger partial charge in [0.1, 0.15) is 30.9 Å². The minimum atomic E-state index is -0.523. The number of ether oxygens (including phenoxy) is 2. The number of hydrogen-bond acceptors (Lipinski definition) is 8. The van der Waals surface area contributed by atoms with Crippen LogP contribution in [0.4, 0.5) is 6.01 Å². The Morgan fingerprint density at radius 2 is 2.00 bits per heavy atom. The number of rotatable bonds is 10. The number of oxazole rings is 1. The molecule has 0 fully saturated rings. The number of anilines is 1. The van der Waals surface area contributed by atoms with Crippen molar-refractivity contribution in [2.45, 2.75) is 13.3 Å². The minimum Gasteiger partial charge on any atom is -0.492 e. The lowest BCUT2D eigenvalue weighted by atomic mass is 9.95. The van der Waals surface area contributed by atoms with Gasteiger partial charge in [-0.1, -0.05) is 29.4 Å². The van der Waals surface area contributed by atoms with Crippen LogP contribution in [-0.4, -0.2) is 51.1 Å². The van der Waals surface area contributed by atoms with Gasteiger partial charge in [-0.2, -0.15) is 4.98 Å². The molecule has 0 aliphatic heterocycles. The maximum atomic E-state index is 12.2. The maximum Gasteiger partial charge on any atom is 0.314 e. The zero-order chi connectivity index (χ0) is 22.2. The molecule has 1 heterocycles. The van der Waals surface area contributed by atoms with Gasteiger partial charge < -0.3 is 23.6 Å². The molecule has 0 radical (unpaired) electrons. The number of carbonyl (C=O) groups is 1. The van der Waals surface area contributed by atoms with Gasteiger partial charge >= 0.3 is 5.97 Å². The predicted molar refractivity (Wildman–Crippen MR) is 119 cm³/mol. The highest BCUT2D eigenvalue weighted by atomic mass is 16.6. The van der Waals surface area contributed by atoms with Crippen LogP contribution in [0.3, 0.4) is 0 Å². The molecule has 164 valence electrons. The molecule has 0 saturated heterocycles. The van der Waals surface area contributed by atoms with Gasteiger partial charge in [-0.25, -0.2) is 0 Å². The summed E-state index contributed by atoms with van der Waals surface area (Å²) in [7, 11) is 4.72. The summed E-state index contributed by atoms with van der Waals surface area (Å²) in [6, 6.07) is 15.8. The SMILES string of the molecule is CON=C(C)C(Cc1cccc(OCCN(C)c2nc3ccccc3o2)c1)C(=O)OC. The highest BCUT2D eigenvalue weighted by molar-refractivity contribution is 6.00. The van der Waals surface area contributed by atoms with Gasteiger partial charge in [-0.15, -0.1) is 0 Å². The van der Waals surface area contributed by atoms with Crippen molar-refractivity contribution in [1.82, 2.24) is 4.98 Å². The molecule has 1 atom stereocenters. The number of benzene rings is 2. The molecule has 0 spiro atoms. The van der Waals surface area contributed by atoms with Gasteiger partial charge in [0.05, 0.1) is 19.4 Å². The van der Waals surface area contributed by atoms with Crippen LogP contribution < -0.4 is 9.64 Å². The van der Waals surface area contributed by atoms with Gasteiger partial charge in [0.15, 0.2) is 5.58 Å². The Kier molecular flexibility index (Phi) is 7.48. The molecule has 0 amide bonds. The average molecular weight is 425 g/mol. The van der Waals surface area contributed by atoms with Crippen molar-refractivity contribution in [3.63, 3.8) is 0 Å². The molecule has 0 aliphatic rings. The number of methoxy groups -OCH3 is 1. The summed E-state index contributed by atoms with van der Waals surface area (Å²) >= 11 is 0. The standard InChI is InChI=1S/C23H27N3O5/c1-16(25-29-4)19(22(27)28-3)15-17-8-7-9-18(14-17)30-13-12-26(2)23-24-20-10-5-6-11-21(20)31-23/h5-11,14,19H,12-13,15H2,1-4H3. The summed E-state index contributed by atoms with van der Waals surface area (Å²) in [4.78, 5) is 23.3. The molecule has 8 nitrogen and oxygen atoms in total. The zero-order valence-electron chi connectivity index (χ0n) is 18.2. The van der Waals surface area contributed by atoms with E-state index in [1.54, 1.807) is 6.92 Å². The quantitative estimate of drug-likeness (QED) is 0.278. The number of nitrogens with zero attached hydrogens (tertiary/aromatic N) is 3. The number of esters is 1. The number of hydrogen-bond donors (Lipinski definition) is 0. The second-order valence-corrected chi connectivity index (χ2v) is 7.08. The van der Waals surface area contributed by atoms with Gasteiger partial charge in [-0.05, 0) is 43.2 Å². The molecule has 0 bridgehead atoms. The summed E-state index contributed by atoms with van der Waals surface area (Å²) in [6.45, 7) is 2.79. The number of likely N-dealkylation sites (N-methyl/N-ethyl adjacent to an activating group) is 1. The molecule has 0 aliphatic carbocycles. The highest BCUT2D eigenvalue weighted by Gasteiger charge is 2.24. The van der Waals surface area contributed by atoms with E-state index in [9.17, 15) is 4.79 Å². The lowest BCUT2D eigenvalue weighted by molar-refractivity contribution is -0.143. The number of oxime groups is 1. The summed E-state index contributed by atoms with van der Waals surface area (Å²) in [5.74, 6) is -0.163. The first-order valence-electron chi connectivity index (χ1n) is 9.95. The smallest absolute Gasteiger partial charge is 0.314 e. The first-order valence-corrected chi connectivity index (χ1v) is 9.95. The highest BCUT2D eigenvalue weighted by Crippen LogP contribution is 2.21. The van der Waals surface area contributed by atoms with Crippen molar-refractivity contribution in [2.24, 2.45) is 11.1 Å². The van der Waals surface area contributed by atoms with E-state index in [1.165, 1.54) is 14.2 Å². The van der Waals surface area contributed by atoms with Gasteiger partial charge in [0.2, 0.25) is 0 Å². The van der Waals surface area contributed by atoms with Crippen LogP contribution >= 0.6 is 0 Å². The third-order valence-corrected chi connectivity index (χ3v) is 4.87. The van der Waals surface area contributed by atoms with Gasteiger partial charge in [0, 0.05) is 7.05 Å². The molecule has 1 aromatic heterocycles. The molecule has 1 unspecified atom stereocenters. The average Bonchev–Trinajstić information content (AvgIpc) is 3.22. The second-order valence-electron chi connectivity index (χ2n) is 7.08. The van der Waals surface area contributed by atoms with Crippen molar-refractivity contribution < 1.29 is 23.5 Å². The Labute approximate surface area is 181 Å². The second kappa shape index (κ2) is 10.5. The maximum absolute atomic E-state index is 12.2. The van der Waals surface area contributed by atoms with Crippen LogP contribution in [0.2, 0.25) is 0 Å². The van der Waals surface area contributed by atoms with E-state index in [1.807, 2.05) is 60.5 Å². The molecule has 0 N–H and O–H groups in total. The normalized spacial score (nSPS) is 12.5. The van der Waals surface area contributed by atoms with Crippen molar-refractivity contribution in [1.29, 1.82) is 0 Å². The van der Waals surface area contributed by atoms with Crippen LogP contribution in [0.5, 0.6) is 5.75 Å². The summed E-state index contributed by atoms with van der Waals surface area (Å²) < 4.78 is 16.6. The topological polar surface area (TPSA) is 86.4 Å². The molecule has 3 aromatic rings. The molecular weight excluding hydrogens is 398 g/mol. The number of carbonyl (C=O) groups excluding carboxylic acids is 1. The van der Waals surface area contributed by atoms with Crippen molar-refractivity contribution >= 4 is 28.8 Å². The predicted octanol–water partition coefficient (Wildman–Crippen LogP) is 3.70. The molecular formula is C23H27N3O5. The Bertz CT molecular complexity index is 1010. The van der Waals surface area contributed by atoms with E-state index in [2.05, 4.69) is 10.1 Å². The van der Waals surface area contributed by atoms with Crippen LogP contribution in [0, 0.1) is 5.92 Å². The van der Waals surface area contributed by atoms with E-state index in [0.29, 0.717) is 37.0 Å². The fraction of sp³-hybridized carbons (Fsp3) is 0.348. The van der Waals surface area contributed by atoms with Gasteiger partial charge in [0.25, 0.3) is 6.01 Å². The summed E-state index contributed by atoms with van der Waals surface area (Å²) in [5.41, 5.74) is 3.07. The van der Waals surface area contributed by atoms with Crippen molar-refractivity contribution in [2.75, 3.05) is 39.3 Å². The summed E-state index contributed by atoms with van der Waals surface area (Å²) in [5, 5.41) is 3.89. The van der Waals surface area contributed by atoms with Crippen LogP contribution in [-0.2, 0) is 20.8 Å². The molecule has 8 heteroatoms. The van der Waals surface area contributed by atoms with Crippen molar-refractivity contribution in [3.8, 4) is 5.75 Å². The number of para-hydroxylation sites is 2. The van der Waals surface area contributed by atoms with Crippen LogP contribution in [0.25, 0.3) is 11.1 Å². The zero-order valence-corrected chi connectivity index (χ0v) is 18.2. The molecule has 2 aromatic carbocycles. The monoisotopic (exact) mass is 425 g/mol. The van der Waals surface area contributed by atoms with E-state index >= 15 is 0 Å². The third-order valence-electron chi connectivity index (χ3n) is 4.87. The fourth-order valence-electron chi connectivity index (χ4n) is 3.17. The lowest BCUT2D eigenvalue weighted by Crippen LogP contribution is -2.26. The molecule has 31 heavy (non-hydrogen) atoms. The first-order chi connectivity index (χ1) is 15.0. The number of fused-ring (bicyclic) bond motifs is 1. The Morgan fingerprint density at radius 3 is 2.74 bits per heavy atom. The van der Waals surface area contributed by atoms with E-state index in [4.69, 9.17) is 18.7 Å². The van der Waals surface area contributed by atoms with E-state index < -0.39 is 5.92 Å². The van der Waals surface area contributed by atoms with E-state index in [-0.39, 0.29) is 5.97 Å².